The second kappa shape index (κ2) is 7.77. The van der Waals surface area contributed by atoms with Gasteiger partial charge in [-0.1, -0.05) is 17.4 Å². The predicted molar refractivity (Wildman–Crippen MR) is 94.2 cm³/mol. The third-order valence-corrected chi connectivity index (χ3v) is 3.55. The van der Waals surface area contributed by atoms with Crippen molar-refractivity contribution in [2.24, 2.45) is 0 Å². The summed E-state index contributed by atoms with van der Waals surface area (Å²) in [5.74, 6) is -0.614. The van der Waals surface area contributed by atoms with E-state index in [1.807, 2.05) is 0 Å². The molecule has 2 aromatic carbocycles. The first-order valence-electron chi connectivity index (χ1n) is 6.73. The van der Waals surface area contributed by atoms with Crippen molar-refractivity contribution in [1.29, 1.82) is 0 Å². The molecule has 0 unspecified atom stereocenters. The summed E-state index contributed by atoms with van der Waals surface area (Å²) in [6, 6.07) is 8.18. The molecule has 0 atom stereocenters. The Bertz CT molecular complexity index is 842. The summed E-state index contributed by atoms with van der Waals surface area (Å²) in [5, 5.41) is 27.0. The first kappa shape index (κ1) is 18.4. The van der Waals surface area contributed by atoms with Crippen LogP contribution in [-0.2, 0) is 0 Å². The number of nitro benzene ring substituents is 1. The van der Waals surface area contributed by atoms with Crippen LogP contribution in [0.4, 0.5) is 11.4 Å². The van der Waals surface area contributed by atoms with Gasteiger partial charge in [-0.3, -0.25) is 20.2 Å². The lowest BCUT2D eigenvalue weighted by molar-refractivity contribution is -0.385. The maximum atomic E-state index is 12.1. The molecule has 0 fully saturated rings. The fourth-order valence-electron chi connectivity index (χ4n) is 1.85. The normalized spacial score (nSPS) is 10.0. The highest BCUT2D eigenvalue weighted by atomic mass is 35.5. The van der Waals surface area contributed by atoms with Gasteiger partial charge >= 0.3 is 0 Å². The van der Waals surface area contributed by atoms with Crippen molar-refractivity contribution in [3.05, 3.63) is 57.1 Å². The third kappa shape index (κ3) is 4.55. The van der Waals surface area contributed by atoms with Crippen LogP contribution in [0.25, 0.3) is 0 Å². The molecule has 0 aliphatic carbocycles. The molecule has 0 heterocycles. The molecule has 1 amide bonds. The number of carbonyl (C=O) groups excluding carboxylic acids is 1. The molecule has 0 radical (unpaired) electrons. The van der Waals surface area contributed by atoms with E-state index in [1.165, 1.54) is 19.2 Å². The second-order valence-corrected chi connectivity index (χ2v) is 5.51. The van der Waals surface area contributed by atoms with Crippen molar-refractivity contribution >= 4 is 46.2 Å². The molecular weight excluding hydrogens is 370 g/mol. The lowest BCUT2D eigenvalue weighted by Gasteiger charge is -2.17. The number of nitrogens with zero attached hydrogens (tertiary/aromatic N) is 1. The van der Waals surface area contributed by atoms with Crippen LogP contribution < -0.4 is 20.5 Å². The number of ether oxygens (including phenoxy) is 1. The predicted octanol–water partition coefficient (Wildman–Crippen LogP) is 2.46. The fraction of sp³-hybridized carbons (Fsp3) is 0.0667. The molecule has 0 saturated carbocycles. The van der Waals surface area contributed by atoms with Crippen molar-refractivity contribution in [1.82, 2.24) is 5.32 Å². The van der Waals surface area contributed by atoms with E-state index in [2.05, 4.69) is 10.6 Å². The van der Waals surface area contributed by atoms with E-state index in [4.69, 9.17) is 28.6 Å². The molecule has 8 nitrogen and oxygen atoms in total. The van der Waals surface area contributed by atoms with E-state index in [-0.39, 0.29) is 21.5 Å². The molecule has 130 valence electrons. The molecule has 0 saturated heterocycles. The zero-order valence-electron chi connectivity index (χ0n) is 12.7. The Morgan fingerprint density at radius 1 is 1.28 bits per heavy atom. The van der Waals surface area contributed by atoms with Crippen LogP contribution in [-0.4, -0.2) is 23.1 Å². The number of nitrogens with one attached hydrogen (secondary N) is 2. The minimum atomic E-state index is -0.699. The van der Waals surface area contributed by atoms with E-state index in [9.17, 15) is 20.0 Å². The SMILES string of the molecule is COc1ccc(C(=O)NC(=S)Nc2cc([N+](=O)[O-])cc(Cl)c2[O-])cc1. The van der Waals surface area contributed by atoms with E-state index in [0.29, 0.717) is 11.3 Å². The van der Waals surface area contributed by atoms with Crippen molar-refractivity contribution < 1.29 is 19.6 Å². The minimum Gasteiger partial charge on any atom is -0.870 e. The number of non-ortho nitro benzene ring substituents is 1. The van der Waals surface area contributed by atoms with Crippen molar-refractivity contribution in [3.8, 4) is 11.5 Å². The topological polar surface area (TPSA) is 117 Å². The number of hydrogen-bond donors (Lipinski definition) is 2. The lowest BCUT2D eigenvalue weighted by Crippen LogP contribution is -2.34. The van der Waals surface area contributed by atoms with Gasteiger partial charge in [0.05, 0.1) is 12.0 Å². The van der Waals surface area contributed by atoms with Crippen LogP contribution in [0.5, 0.6) is 11.5 Å². The molecule has 2 aromatic rings. The average Bonchev–Trinajstić information content (AvgIpc) is 2.58. The Kier molecular flexibility index (Phi) is 5.73. The van der Waals surface area contributed by atoms with Crippen LogP contribution in [0.3, 0.4) is 0 Å². The van der Waals surface area contributed by atoms with Gasteiger partial charge in [0.1, 0.15) is 5.75 Å². The van der Waals surface area contributed by atoms with Gasteiger partial charge in [0.15, 0.2) is 5.11 Å². The fourth-order valence-corrected chi connectivity index (χ4v) is 2.26. The van der Waals surface area contributed by atoms with Gasteiger partial charge in [-0.2, -0.15) is 0 Å². The van der Waals surface area contributed by atoms with Gasteiger partial charge in [-0.15, -0.1) is 0 Å². The third-order valence-electron chi connectivity index (χ3n) is 3.07. The number of thiocarbonyl (C=S) groups is 1. The highest BCUT2D eigenvalue weighted by Gasteiger charge is 2.13. The van der Waals surface area contributed by atoms with Crippen LogP contribution in [0.1, 0.15) is 10.4 Å². The van der Waals surface area contributed by atoms with Gasteiger partial charge in [0.25, 0.3) is 11.6 Å². The summed E-state index contributed by atoms with van der Waals surface area (Å²) < 4.78 is 4.99. The van der Waals surface area contributed by atoms with Gasteiger partial charge in [0, 0.05) is 28.4 Å². The molecule has 25 heavy (non-hydrogen) atoms. The molecule has 0 spiro atoms. The van der Waals surface area contributed by atoms with Crippen molar-refractivity contribution in [2.75, 3.05) is 12.4 Å². The van der Waals surface area contributed by atoms with Crippen LogP contribution in [0.15, 0.2) is 36.4 Å². The molecule has 0 aromatic heterocycles. The zero-order chi connectivity index (χ0) is 18.6. The average molecular weight is 381 g/mol. The van der Waals surface area contributed by atoms with Crippen LogP contribution >= 0.6 is 23.8 Å². The summed E-state index contributed by atoms with van der Waals surface area (Å²) in [7, 11) is 1.50. The van der Waals surface area contributed by atoms with Gasteiger partial charge in [-0.25, -0.2) is 0 Å². The van der Waals surface area contributed by atoms with Gasteiger partial charge in [0.2, 0.25) is 0 Å². The van der Waals surface area contributed by atoms with Crippen LogP contribution in [0, 0.1) is 10.1 Å². The smallest absolute Gasteiger partial charge is 0.272 e. The Hall–Kier alpha value is -2.91. The zero-order valence-corrected chi connectivity index (χ0v) is 14.3. The molecular formula is C15H11ClN3O5S-. The Morgan fingerprint density at radius 2 is 1.92 bits per heavy atom. The Balaban J connectivity index is 2.11. The minimum absolute atomic E-state index is 0.200. The van der Waals surface area contributed by atoms with E-state index < -0.39 is 16.6 Å². The van der Waals surface area contributed by atoms with E-state index in [1.54, 1.807) is 12.1 Å². The molecule has 0 aliphatic heterocycles. The largest absolute Gasteiger partial charge is 0.870 e. The molecule has 2 N–H and O–H groups in total. The first-order chi connectivity index (χ1) is 11.8. The van der Waals surface area contributed by atoms with Gasteiger partial charge < -0.3 is 15.2 Å². The Labute approximate surface area is 152 Å². The quantitative estimate of drug-likeness (QED) is 0.475. The highest BCUT2D eigenvalue weighted by Crippen LogP contribution is 2.33. The first-order valence-corrected chi connectivity index (χ1v) is 7.51. The van der Waals surface area contributed by atoms with E-state index in [0.717, 1.165) is 12.1 Å². The van der Waals surface area contributed by atoms with Crippen molar-refractivity contribution in [2.45, 2.75) is 0 Å². The number of methoxy groups -OCH3 is 1. The van der Waals surface area contributed by atoms with Crippen molar-refractivity contribution in [3.63, 3.8) is 0 Å². The van der Waals surface area contributed by atoms with Crippen LogP contribution in [0.2, 0.25) is 5.02 Å². The summed E-state index contributed by atoms with van der Waals surface area (Å²) in [5.41, 5.74) is -0.278. The number of carbonyl (C=O) groups is 1. The maximum absolute atomic E-state index is 12.1. The molecule has 2 rings (SSSR count). The number of hydrogen-bond acceptors (Lipinski definition) is 6. The monoisotopic (exact) mass is 380 g/mol. The summed E-state index contributed by atoms with van der Waals surface area (Å²) >= 11 is 10.6. The standard InChI is InChI=1S/C15H12ClN3O5S/c1-24-10-4-2-8(3-5-10)14(21)18-15(25)17-12-7-9(19(22)23)6-11(16)13(12)20/h2-7,20H,1H3,(H2,17,18,21,25)/p-1. The van der Waals surface area contributed by atoms with Gasteiger partial charge in [-0.05, 0) is 36.5 Å². The van der Waals surface area contributed by atoms with E-state index >= 15 is 0 Å². The lowest BCUT2D eigenvalue weighted by atomic mass is 10.2. The number of halogens is 1. The Morgan fingerprint density at radius 3 is 2.48 bits per heavy atom. The number of nitro groups is 1. The summed E-state index contributed by atoms with van der Waals surface area (Å²) in [6.45, 7) is 0. The molecule has 0 bridgehead atoms. The number of amides is 1. The summed E-state index contributed by atoms with van der Waals surface area (Å²) in [4.78, 5) is 22.2. The molecule has 0 aliphatic rings. The highest BCUT2D eigenvalue weighted by molar-refractivity contribution is 7.80. The number of anilines is 1. The second-order valence-electron chi connectivity index (χ2n) is 4.70. The number of benzene rings is 2. The summed E-state index contributed by atoms with van der Waals surface area (Å²) in [6.07, 6.45) is 0. The number of rotatable bonds is 4. The maximum Gasteiger partial charge on any atom is 0.272 e. The molecule has 10 heteroatoms.